The van der Waals surface area contributed by atoms with E-state index >= 15 is 0 Å². The van der Waals surface area contributed by atoms with Crippen molar-refractivity contribution in [2.45, 2.75) is 6.42 Å². The highest BCUT2D eigenvalue weighted by atomic mass is 16.4. The predicted molar refractivity (Wildman–Crippen MR) is 68.5 cm³/mol. The van der Waals surface area contributed by atoms with Gasteiger partial charge in [-0.2, -0.15) is 0 Å². The first-order chi connectivity index (χ1) is 8.22. The summed E-state index contributed by atoms with van der Waals surface area (Å²) < 4.78 is 6.62. The Morgan fingerprint density at radius 1 is 1.35 bits per heavy atom. The Morgan fingerprint density at radius 3 is 2.94 bits per heavy atom. The van der Waals surface area contributed by atoms with Gasteiger partial charge in [-0.1, -0.05) is 0 Å². The molecule has 0 saturated heterocycles. The molecular formula is C12H17N3O2. The van der Waals surface area contributed by atoms with Gasteiger partial charge in [-0.05, 0) is 32.1 Å². The number of fused-ring (bicyclic) bond motifs is 1. The van der Waals surface area contributed by atoms with Crippen molar-refractivity contribution >= 4 is 16.8 Å². The van der Waals surface area contributed by atoms with Crippen LogP contribution in [0.2, 0.25) is 0 Å². The molecule has 0 saturated carbocycles. The van der Waals surface area contributed by atoms with Gasteiger partial charge in [-0.25, -0.2) is 4.79 Å². The fourth-order valence-corrected chi connectivity index (χ4v) is 1.74. The number of hydrogen-bond donors (Lipinski definition) is 2. The smallest absolute Gasteiger partial charge is 0.408 e. The number of rotatable bonds is 5. The summed E-state index contributed by atoms with van der Waals surface area (Å²) in [5.41, 5.74) is 2.41. The molecule has 0 spiro atoms. The highest BCUT2D eigenvalue weighted by molar-refractivity contribution is 5.77. The third-order valence-corrected chi connectivity index (χ3v) is 2.72. The third-order valence-electron chi connectivity index (χ3n) is 2.72. The van der Waals surface area contributed by atoms with Crippen molar-refractivity contribution in [1.82, 2.24) is 9.88 Å². The van der Waals surface area contributed by atoms with Crippen molar-refractivity contribution in [1.29, 1.82) is 0 Å². The molecule has 5 heteroatoms. The Bertz CT molecular complexity index is 556. The van der Waals surface area contributed by atoms with Gasteiger partial charge >= 0.3 is 5.76 Å². The van der Waals surface area contributed by atoms with E-state index in [1.54, 1.807) is 7.05 Å². The normalized spacial score (nSPS) is 10.9. The van der Waals surface area contributed by atoms with Gasteiger partial charge in [0.1, 0.15) is 0 Å². The number of nitrogens with zero attached hydrogens (tertiary/aromatic N) is 1. The second kappa shape index (κ2) is 5.05. The van der Waals surface area contributed by atoms with Gasteiger partial charge in [0.2, 0.25) is 0 Å². The maximum atomic E-state index is 11.3. The van der Waals surface area contributed by atoms with E-state index in [0.717, 1.165) is 30.7 Å². The molecule has 2 aromatic rings. The summed E-state index contributed by atoms with van der Waals surface area (Å²) in [5.74, 6) is -0.327. The lowest BCUT2D eigenvalue weighted by Crippen LogP contribution is -2.12. The van der Waals surface area contributed by atoms with Gasteiger partial charge in [0.25, 0.3) is 0 Å². The molecule has 0 amide bonds. The summed E-state index contributed by atoms with van der Waals surface area (Å²) >= 11 is 0. The molecule has 0 bridgehead atoms. The van der Waals surface area contributed by atoms with Gasteiger partial charge in [0.05, 0.1) is 5.52 Å². The van der Waals surface area contributed by atoms with Gasteiger partial charge in [0.15, 0.2) is 5.58 Å². The SMILES string of the molecule is CNCCCNc1ccc2c(c1)oc(=O)n2C. The molecule has 1 aromatic carbocycles. The minimum atomic E-state index is -0.327. The van der Waals surface area contributed by atoms with E-state index in [1.165, 1.54) is 4.57 Å². The molecule has 0 aliphatic heterocycles. The molecule has 92 valence electrons. The van der Waals surface area contributed by atoms with Crippen LogP contribution in [0.3, 0.4) is 0 Å². The van der Waals surface area contributed by atoms with Crippen LogP contribution in [-0.4, -0.2) is 24.7 Å². The number of anilines is 1. The van der Waals surface area contributed by atoms with Crippen LogP contribution in [0.1, 0.15) is 6.42 Å². The summed E-state index contributed by atoms with van der Waals surface area (Å²) in [6.45, 7) is 1.87. The van der Waals surface area contributed by atoms with E-state index in [4.69, 9.17) is 4.42 Å². The van der Waals surface area contributed by atoms with E-state index < -0.39 is 0 Å². The molecule has 1 aromatic heterocycles. The minimum absolute atomic E-state index is 0.327. The van der Waals surface area contributed by atoms with Crippen LogP contribution in [0.5, 0.6) is 0 Å². The van der Waals surface area contributed by atoms with E-state index in [1.807, 2.05) is 25.2 Å². The molecule has 2 N–H and O–H groups in total. The summed E-state index contributed by atoms with van der Waals surface area (Å²) in [6.07, 6.45) is 1.05. The molecule has 1 heterocycles. The fraction of sp³-hybridized carbons (Fsp3) is 0.417. The maximum absolute atomic E-state index is 11.3. The van der Waals surface area contributed by atoms with Crippen molar-refractivity contribution in [2.24, 2.45) is 7.05 Å². The molecule has 0 atom stereocenters. The Labute approximate surface area is 99.4 Å². The maximum Gasteiger partial charge on any atom is 0.419 e. The zero-order valence-corrected chi connectivity index (χ0v) is 10.1. The first-order valence-electron chi connectivity index (χ1n) is 5.70. The van der Waals surface area contributed by atoms with Crippen LogP contribution in [-0.2, 0) is 7.05 Å². The average molecular weight is 235 g/mol. The summed E-state index contributed by atoms with van der Waals surface area (Å²) in [4.78, 5) is 11.3. The largest absolute Gasteiger partial charge is 0.419 e. The van der Waals surface area contributed by atoms with Crippen LogP contribution < -0.4 is 16.4 Å². The Hall–Kier alpha value is -1.75. The third kappa shape index (κ3) is 2.50. The molecule has 0 radical (unpaired) electrons. The fourth-order valence-electron chi connectivity index (χ4n) is 1.74. The van der Waals surface area contributed by atoms with E-state index in [-0.39, 0.29) is 5.76 Å². The van der Waals surface area contributed by atoms with Crippen molar-refractivity contribution in [3.63, 3.8) is 0 Å². The zero-order valence-electron chi connectivity index (χ0n) is 10.1. The van der Waals surface area contributed by atoms with Crippen molar-refractivity contribution in [2.75, 3.05) is 25.5 Å². The molecular weight excluding hydrogens is 218 g/mol. The lowest BCUT2D eigenvalue weighted by molar-refractivity contribution is 0.528. The standard InChI is InChI=1S/C12H17N3O2/c1-13-6-3-7-14-9-4-5-10-11(8-9)17-12(16)15(10)2/h4-5,8,13-14H,3,6-7H2,1-2H3. The molecule has 5 nitrogen and oxygen atoms in total. The monoisotopic (exact) mass is 235 g/mol. The first kappa shape index (κ1) is 11.7. The van der Waals surface area contributed by atoms with Crippen LogP contribution in [0.25, 0.3) is 11.1 Å². The van der Waals surface area contributed by atoms with Crippen LogP contribution in [0.15, 0.2) is 27.4 Å². The Kier molecular flexibility index (Phi) is 3.49. The highest BCUT2D eigenvalue weighted by Gasteiger charge is 2.05. The molecule has 0 aliphatic rings. The molecule has 0 unspecified atom stereocenters. The highest BCUT2D eigenvalue weighted by Crippen LogP contribution is 2.17. The first-order valence-corrected chi connectivity index (χ1v) is 5.70. The summed E-state index contributed by atoms with van der Waals surface area (Å²) in [6, 6.07) is 5.70. The number of aromatic nitrogens is 1. The van der Waals surface area contributed by atoms with E-state index in [9.17, 15) is 4.79 Å². The van der Waals surface area contributed by atoms with Gasteiger partial charge in [-0.3, -0.25) is 4.57 Å². The van der Waals surface area contributed by atoms with Crippen LogP contribution in [0.4, 0.5) is 5.69 Å². The lowest BCUT2D eigenvalue weighted by atomic mass is 10.2. The Balaban J connectivity index is 2.12. The minimum Gasteiger partial charge on any atom is -0.408 e. The molecule has 0 aliphatic carbocycles. The van der Waals surface area contributed by atoms with Crippen molar-refractivity contribution < 1.29 is 4.42 Å². The lowest BCUT2D eigenvalue weighted by Gasteiger charge is -2.05. The van der Waals surface area contributed by atoms with Crippen molar-refractivity contribution in [3.8, 4) is 0 Å². The number of nitrogens with one attached hydrogen (secondary N) is 2. The van der Waals surface area contributed by atoms with Gasteiger partial charge in [-0.15, -0.1) is 0 Å². The van der Waals surface area contributed by atoms with Crippen LogP contribution in [0, 0.1) is 0 Å². The van der Waals surface area contributed by atoms with E-state index in [2.05, 4.69) is 10.6 Å². The van der Waals surface area contributed by atoms with Crippen molar-refractivity contribution in [3.05, 3.63) is 28.7 Å². The zero-order chi connectivity index (χ0) is 12.3. The topological polar surface area (TPSA) is 59.2 Å². The molecule has 2 rings (SSSR count). The second-order valence-electron chi connectivity index (χ2n) is 3.99. The number of hydrogen-bond acceptors (Lipinski definition) is 4. The Morgan fingerprint density at radius 2 is 2.18 bits per heavy atom. The number of aryl methyl sites for hydroxylation is 1. The molecule has 17 heavy (non-hydrogen) atoms. The average Bonchev–Trinajstić information content (AvgIpc) is 2.61. The predicted octanol–water partition coefficient (Wildman–Crippen LogP) is 1.15. The van der Waals surface area contributed by atoms with E-state index in [0.29, 0.717) is 5.58 Å². The quantitative estimate of drug-likeness (QED) is 0.763. The van der Waals surface area contributed by atoms with Gasteiger partial charge in [0, 0.05) is 25.3 Å². The van der Waals surface area contributed by atoms with Gasteiger partial charge < -0.3 is 15.1 Å². The number of oxazole rings is 1. The second-order valence-corrected chi connectivity index (χ2v) is 3.99. The summed E-state index contributed by atoms with van der Waals surface area (Å²) in [7, 11) is 3.64. The summed E-state index contributed by atoms with van der Waals surface area (Å²) in [5, 5.41) is 6.38. The number of benzene rings is 1. The molecule has 0 fully saturated rings. The van der Waals surface area contributed by atoms with Crippen LogP contribution >= 0.6 is 0 Å².